The number of likely N-dealkylation sites (tertiary alicyclic amines) is 1. The van der Waals surface area contributed by atoms with Crippen molar-refractivity contribution < 1.29 is 14.3 Å². The Balaban J connectivity index is 0.882. The minimum Gasteiger partial charge on any atom is -0.367 e. The van der Waals surface area contributed by atoms with Gasteiger partial charge >= 0.3 is 0 Å². The molecule has 0 radical (unpaired) electrons. The third-order valence-corrected chi connectivity index (χ3v) is 10.2. The second-order valence-corrected chi connectivity index (χ2v) is 13.7. The molecule has 2 fully saturated rings. The third-order valence-electron chi connectivity index (χ3n) is 10.2. The van der Waals surface area contributed by atoms with Gasteiger partial charge in [0, 0.05) is 85.7 Å². The largest absolute Gasteiger partial charge is 0.367 e. The van der Waals surface area contributed by atoms with Crippen molar-refractivity contribution in [3.8, 4) is 22.6 Å². The summed E-state index contributed by atoms with van der Waals surface area (Å²) in [5, 5.41) is 11.7. The van der Waals surface area contributed by atoms with Gasteiger partial charge in [0.1, 0.15) is 5.69 Å². The van der Waals surface area contributed by atoms with Crippen LogP contribution in [-0.2, 0) is 14.3 Å². The molecule has 254 valence electrons. The Bertz CT molecular complexity index is 2090. The second-order valence-electron chi connectivity index (χ2n) is 13.7. The topological polar surface area (TPSA) is 129 Å². The quantitative estimate of drug-likeness (QED) is 0.207. The average Bonchev–Trinajstić information content (AvgIpc) is 3.79. The van der Waals surface area contributed by atoms with Gasteiger partial charge in [0.25, 0.3) is 5.91 Å². The number of H-pyrrole nitrogens is 1. The lowest BCUT2D eigenvalue weighted by Crippen LogP contribution is -2.48. The highest BCUT2D eigenvalue weighted by Gasteiger charge is 2.45. The van der Waals surface area contributed by atoms with E-state index >= 15 is 0 Å². The number of ether oxygens (including phenoxy) is 1. The molecule has 5 aromatic rings. The van der Waals surface area contributed by atoms with Crippen LogP contribution in [-0.4, -0.2) is 92.2 Å². The smallest absolute Gasteiger partial charge is 0.258 e. The van der Waals surface area contributed by atoms with Crippen LogP contribution in [0, 0.1) is 6.92 Å². The standard InChI is InChI=1S/C39H40N8O3/c1-25-21-41-37(42-22-25)29-7-3-26(4-8-29)27-12-16-47(17-13-27)35(48)23-46-18-14-39(24-46,50-2)38(49)43-31-9-10-33-32(20-31)36(45-44-33)30-11-15-40-34(19-30)28-5-6-28/h3-4,7-12,15,19-22,28H,5-6,13-14,16-18,23-24H2,1-2H3,(H,43,49)(H,44,45)/t39-/m0/s1. The number of pyridine rings is 1. The van der Waals surface area contributed by atoms with Gasteiger partial charge in [-0.1, -0.05) is 30.3 Å². The Kier molecular flexibility index (Phi) is 8.45. The van der Waals surface area contributed by atoms with Crippen LogP contribution in [0.15, 0.2) is 79.3 Å². The summed E-state index contributed by atoms with van der Waals surface area (Å²) in [5.74, 6) is 1.09. The number of aromatic amines is 1. The van der Waals surface area contributed by atoms with Crippen LogP contribution in [0.2, 0.25) is 0 Å². The third kappa shape index (κ3) is 6.41. The van der Waals surface area contributed by atoms with Crippen molar-refractivity contribution in [2.24, 2.45) is 0 Å². The van der Waals surface area contributed by atoms with E-state index in [4.69, 9.17) is 4.74 Å². The van der Waals surface area contributed by atoms with Gasteiger partial charge in [-0.05, 0) is 79.6 Å². The summed E-state index contributed by atoms with van der Waals surface area (Å²) in [6, 6.07) is 18.1. The Morgan fingerprint density at radius 2 is 1.78 bits per heavy atom. The van der Waals surface area contributed by atoms with Crippen LogP contribution >= 0.6 is 0 Å². The van der Waals surface area contributed by atoms with E-state index in [1.54, 1.807) is 7.11 Å². The highest BCUT2D eigenvalue weighted by atomic mass is 16.5. The zero-order valence-electron chi connectivity index (χ0n) is 28.4. The van der Waals surface area contributed by atoms with E-state index in [-0.39, 0.29) is 18.4 Å². The van der Waals surface area contributed by atoms with Crippen molar-refractivity contribution >= 4 is 34.0 Å². The molecule has 3 aliphatic rings. The fourth-order valence-corrected chi connectivity index (χ4v) is 7.02. The number of nitrogens with zero attached hydrogens (tertiary/aromatic N) is 6. The van der Waals surface area contributed by atoms with E-state index in [2.05, 4.69) is 54.7 Å². The summed E-state index contributed by atoms with van der Waals surface area (Å²) in [5.41, 5.74) is 7.83. The molecule has 11 nitrogen and oxygen atoms in total. The summed E-state index contributed by atoms with van der Waals surface area (Å²) < 4.78 is 5.88. The fraction of sp³-hybridized carbons (Fsp3) is 0.333. The molecule has 5 heterocycles. The van der Waals surface area contributed by atoms with Gasteiger partial charge in [0.05, 0.1) is 12.1 Å². The van der Waals surface area contributed by atoms with E-state index in [0.29, 0.717) is 50.0 Å². The van der Waals surface area contributed by atoms with E-state index in [1.165, 1.54) is 18.4 Å². The maximum absolute atomic E-state index is 13.7. The van der Waals surface area contributed by atoms with Crippen LogP contribution in [0.1, 0.15) is 48.4 Å². The SMILES string of the molecule is CO[C@@]1(C(=O)Nc2ccc3[nH]nc(-c4ccnc(C5CC5)c4)c3c2)CCN(CC(=O)N2CC=C(c3ccc(-c4ncc(C)cn4)cc3)CC2)C1. The minimum absolute atomic E-state index is 0.0540. The molecule has 2 aromatic carbocycles. The molecule has 2 N–H and O–H groups in total. The lowest BCUT2D eigenvalue weighted by Gasteiger charge is -2.30. The molecule has 11 heteroatoms. The molecule has 1 aliphatic carbocycles. The summed E-state index contributed by atoms with van der Waals surface area (Å²) in [6.45, 7) is 4.35. The number of carbonyl (C=O) groups excluding carboxylic acids is 2. The van der Waals surface area contributed by atoms with Crippen molar-refractivity contribution in [3.05, 3.63) is 96.1 Å². The van der Waals surface area contributed by atoms with Crippen molar-refractivity contribution in [2.45, 2.75) is 44.1 Å². The van der Waals surface area contributed by atoms with Crippen LogP contribution in [0.4, 0.5) is 5.69 Å². The first-order chi connectivity index (χ1) is 24.4. The predicted octanol–water partition coefficient (Wildman–Crippen LogP) is 5.61. The molecular weight excluding hydrogens is 628 g/mol. The highest BCUT2D eigenvalue weighted by Crippen LogP contribution is 2.40. The Morgan fingerprint density at radius 1 is 0.980 bits per heavy atom. The van der Waals surface area contributed by atoms with Gasteiger partial charge in [-0.25, -0.2) is 9.97 Å². The molecular formula is C39H40N8O3. The highest BCUT2D eigenvalue weighted by molar-refractivity contribution is 6.01. The van der Waals surface area contributed by atoms with E-state index in [1.807, 2.05) is 71.7 Å². The maximum Gasteiger partial charge on any atom is 0.258 e. The zero-order chi connectivity index (χ0) is 34.2. The number of benzene rings is 2. The lowest BCUT2D eigenvalue weighted by molar-refractivity contribution is -0.138. The number of amides is 2. The molecule has 2 aliphatic heterocycles. The summed E-state index contributed by atoms with van der Waals surface area (Å²) in [4.78, 5) is 44.4. The Morgan fingerprint density at radius 3 is 2.52 bits per heavy atom. The number of hydrogen-bond donors (Lipinski definition) is 2. The number of rotatable bonds is 9. The van der Waals surface area contributed by atoms with E-state index in [9.17, 15) is 9.59 Å². The Labute approximate surface area is 290 Å². The number of anilines is 1. The van der Waals surface area contributed by atoms with Crippen LogP contribution in [0.5, 0.6) is 0 Å². The first-order valence-electron chi connectivity index (χ1n) is 17.3. The van der Waals surface area contributed by atoms with Gasteiger partial charge < -0.3 is 15.0 Å². The zero-order valence-corrected chi connectivity index (χ0v) is 28.4. The van der Waals surface area contributed by atoms with Gasteiger partial charge in [0.2, 0.25) is 5.91 Å². The summed E-state index contributed by atoms with van der Waals surface area (Å²) >= 11 is 0. The molecule has 1 saturated carbocycles. The molecule has 3 aromatic heterocycles. The molecule has 8 rings (SSSR count). The molecule has 0 spiro atoms. The number of nitrogens with one attached hydrogen (secondary N) is 2. The second kappa shape index (κ2) is 13.2. The summed E-state index contributed by atoms with van der Waals surface area (Å²) in [6.07, 6.45) is 11.3. The minimum atomic E-state index is -1.05. The number of fused-ring (bicyclic) bond motifs is 1. The monoisotopic (exact) mass is 668 g/mol. The van der Waals surface area contributed by atoms with E-state index in [0.717, 1.165) is 51.0 Å². The number of aryl methyl sites for hydroxylation is 1. The number of hydrogen-bond acceptors (Lipinski definition) is 8. The first kappa shape index (κ1) is 32.0. The van der Waals surface area contributed by atoms with Gasteiger partial charge in [-0.2, -0.15) is 5.10 Å². The molecule has 1 atom stereocenters. The average molecular weight is 669 g/mol. The molecule has 50 heavy (non-hydrogen) atoms. The normalized spacial score (nSPS) is 19.5. The lowest BCUT2D eigenvalue weighted by atomic mass is 9.98. The first-order valence-corrected chi connectivity index (χ1v) is 17.3. The predicted molar refractivity (Wildman–Crippen MR) is 192 cm³/mol. The van der Waals surface area contributed by atoms with Gasteiger partial charge in [0.15, 0.2) is 11.4 Å². The van der Waals surface area contributed by atoms with Gasteiger partial charge in [-0.3, -0.25) is 24.6 Å². The van der Waals surface area contributed by atoms with Crippen LogP contribution in [0.3, 0.4) is 0 Å². The van der Waals surface area contributed by atoms with Gasteiger partial charge in [-0.15, -0.1) is 0 Å². The van der Waals surface area contributed by atoms with Crippen molar-refractivity contribution in [2.75, 3.05) is 45.2 Å². The number of methoxy groups -OCH3 is 1. The number of carbonyl (C=O) groups is 2. The van der Waals surface area contributed by atoms with Crippen LogP contribution in [0.25, 0.3) is 39.1 Å². The molecule has 0 bridgehead atoms. The van der Waals surface area contributed by atoms with Crippen molar-refractivity contribution in [1.82, 2.24) is 34.9 Å². The summed E-state index contributed by atoms with van der Waals surface area (Å²) in [7, 11) is 1.57. The molecule has 1 saturated heterocycles. The molecule has 0 unspecified atom stereocenters. The maximum atomic E-state index is 13.7. The van der Waals surface area contributed by atoms with Crippen molar-refractivity contribution in [1.29, 1.82) is 0 Å². The van der Waals surface area contributed by atoms with E-state index < -0.39 is 5.60 Å². The Hall–Kier alpha value is -5.26. The molecule has 2 amide bonds. The van der Waals surface area contributed by atoms with Crippen molar-refractivity contribution in [3.63, 3.8) is 0 Å². The number of aromatic nitrogens is 5. The fourth-order valence-electron chi connectivity index (χ4n) is 7.02. The van der Waals surface area contributed by atoms with Crippen LogP contribution < -0.4 is 5.32 Å².